The van der Waals surface area contributed by atoms with Gasteiger partial charge in [0.1, 0.15) is 0 Å². The molecule has 1 heterocycles. The summed E-state index contributed by atoms with van der Waals surface area (Å²) in [6.45, 7) is 0. The zero-order valence-electron chi connectivity index (χ0n) is 8.05. The molecule has 1 aromatic heterocycles. The molecule has 92 valence electrons. The van der Waals surface area contributed by atoms with Crippen LogP contribution in [0.15, 0.2) is 23.4 Å². The van der Waals surface area contributed by atoms with E-state index >= 15 is 0 Å². The number of nitrogens with one attached hydrogen (secondary N) is 1. The first-order valence-corrected chi connectivity index (χ1v) is 6.36. The van der Waals surface area contributed by atoms with Gasteiger partial charge >= 0.3 is 5.97 Å². The highest BCUT2D eigenvalue weighted by Gasteiger charge is 2.16. The molecule has 1 aromatic carbocycles. The molecule has 0 aliphatic heterocycles. The number of aromatic amines is 1. The Morgan fingerprint density at radius 3 is 2.59 bits per heavy atom. The van der Waals surface area contributed by atoms with Crippen LogP contribution in [0.1, 0.15) is 10.4 Å². The van der Waals surface area contributed by atoms with E-state index in [0.717, 1.165) is 0 Å². The third-order valence-electron chi connectivity index (χ3n) is 1.94. The quantitative estimate of drug-likeness (QED) is 0.820. The molecule has 9 heteroatoms. The van der Waals surface area contributed by atoms with E-state index in [1.165, 1.54) is 18.2 Å². The zero-order valence-corrected chi connectivity index (χ0v) is 10.4. The normalized spacial score (nSPS) is 11.1. The average Bonchev–Trinajstić information content (AvgIpc) is 2.58. The molecule has 17 heavy (non-hydrogen) atoms. The van der Waals surface area contributed by atoms with Gasteiger partial charge in [0, 0.05) is 10.7 Å². The van der Waals surface area contributed by atoms with Crippen molar-refractivity contribution in [1.29, 1.82) is 0 Å². The van der Waals surface area contributed by atoms with Crippen molar-refractivity contribution in [3.8, 4) is 0 Å². The van der Waals surface area contributed by atoms with Crippen molar-refractivity contribution >= 4 is 49.1 Å². The smallest absolute Gasteiger partial charge is 0.335 e. The summed E-state index contributed by atoms with van der Waals surface area (Å²) in [7, 11) is 1.15. The van der Waals surface area contributed by atoms with Gasteiger partial charge in [-0.05, 0) is 18.2 Å². The van der Waals surface area contributed by atoms with E-state index in [1.54, 1.807) is 0 Å². The van der Waals surface area contributed by atoms with Crippen molar-refractivity contribution in [3.63, 3.8) is 0 Å². The number of carboxylic acids is 1. The number of carbonyl (C=O) groups is 1. The Balaban J connectivity index is 0.00000144. The highest BCUT2D eigenvalue weighted by molar-refractivity contribution is 8.13. The molecule has 0 saturated heterocycles. The highest BCUT2D eigenvalue weighted by atomic mass is 35.7. The first kappa shape index (κ1) is 13.8. The van der Waals surface area contributed by atoms with Crippen LogP contribution in [0.3, 0.4) is 0 Å². The van der Waals surface area contributed by atoms with Gasteiger partial charge in [0.15, 0.2) is 0 Å². The molecular formula is C8H6Cl2N2O4S. The topological polar surface area (TPSA) is 100 Å². The Kier molecular flexibility index (Phi) is 3.65. The molecular weight excluding hydrogens is 291 g/mol. The van der Waals surface area contributed by atoms with Crippen LogP contribution in [0.2, 0.25) is 0 Å². The third kappa shape index (κ3) is 2.68. The minimum absolute atomic E-state index is 0. The lowest BCUT2D eigenvalue weighted by molar-refractivity contribution is 0.0697. The monoisotopic (exact) mass is 296 g/mol. The van der Waals surface area contributed by atoms with Gasteiger partial charge in [-0.15, -0.1) is 12.4 Å². The lowest BCUT2D eigenvalue weighted by Gasteiger charge is -1.91. The number of aromatic carboxylic acids is 1. The average molecular weight is 297 g/mol. The molecule has 0 spiro atoms. The summed E-state index contributed by atoms with van der Waals surface area (Å²) >= 11 is 0. The number of H-pyrrole nitrogens is 1. The van der Waals surface area contributed by atoms with Crippen LogP contribution in [0, 0.1) is 0 Å². The van der Waals surface area contributed by atoms with Crippen molar-refractivity contribution in [2.24, 2.45) is 0 Å². The van der Waals surface area contributed by atoms with Crippen LogP contribution in [-0.4, -0.2) is 29.5 Å². The van der Waals surface area contributed by atoms with Crippen molar-refractivity contribution in [3.05, 3.63) is 23.8 Å². The number of carboxylic acid groups (broad SMARTS) is 1. The maximum Gasteiger partial charge on any atom is 0.335 e. The van der Waals surface area contributed by atoms with Gasteiger partial charge in [-0.25, -0.2) is 18.2 Å². The van der Waals surface area contributed by atoms with Gasteiger partial charge in [0.2, 0.25) is 5.16 Å². The maximum atomic E-state index is 11.0. The van der Waals surface area contributed by atoms with Crippen molar-refractivity contribution < 1.29 is 18.3 Å². The molecule has 0 atom stereocenters. The van der Waals surface area contributed by atoms with Crippen molar-refractivity contribution in [2.75, 3.05) is 0 Å². The molecule has 0 amide bonds. The number of fused-ring (bicyclic) bond motifs is 1. The summed E-state index contributed by atoms with van der Waals surface area (Å²) < 4.78 is 22.0. The number of hydrogen-bond donors (Lipinski definition) is 2. The molecule has 2 N–H and O–H groups in total. The van der Waals surface area contributed by atoms with E-state index in [1.807, 2.05) is 0 Å². The summed E-state index contributed by atoms with van der Waals surface area (Å²) in [5.41, 5.74) is 0.667. The molecule has 0 fully saturated rings. The van der Waals surface area contributed by atoms with Gasteiger partial charge in [-0.2, -0.15) is 0 Å². The Bertz CT molecular complexity index is 680. The fourth-order valence-electron chi connectivity index (χ4n) is 1.23. The van der Waals surface area contributed by atoms with Gasteiger partial charge in [0.25, 0.3) is 9.05 Å². The number of halogens is 2. The van der Waals surface area contributed by atoms with Gasteiger partial charge in [-0.3, -0.25) is 0 Å². The van der Waals surface area contributed by atoms with Crippen LogP contribution in [0.25, 0.3) is 11.0 Å². The van der Waals surface area contributed by atoms with E-state index in [4.69, 9.17) is 15.8 Å². The molecule has 0 radical (unpaired) electrons. The van der Waals surface area contributed by atoms with E-state index in [2.05, 4.69) is 9.97 Å². The largest absolute Gasteiger partial charge is 0.478 e. The summed E-state index contributed by atoms with van der Waals surface area (Å²) in [5, 5.41) is 8.33. The molecule has 0 aliphatic rings. The minimum Gasteiger partial charge on any atom is -0.478 e. The fourth-order valence-corrected chi connectivity index (χ4v) is 1.89. The number of benzene rings is 1. The summed E-state index contributed by atoms with van der Waals surface area (Å²) in [4.78, 5) is 16.8. The zero-order chi connectivity index (χ0) is 11.9. The molecule has 0 saturated carbocycles. The fraction of sp³-hybridized carbons (Fsp3) is 0. The maximum absolute atomic E-state index is 11.0. The number of nitrogens with zero attached hydrogens (tertiary/aromatic N) is 1. The van der Waals surface area contributed by atoms with Gasteiger partial charge in [0.05, 0.1) is 16.6 Å². The second-order valence-corrected chi connectivity index (χ2v) is 5.50. The van der Waals surface area contributed by atoms with Crippen LogP contribution in [0.4, 0.5) is 0 Å². The first-order valence-electron chi connectivity index (χ1n) is 4.05. The van der Waals surface area contributed by atoms with Crippen LogP contribution in [0.5, 0.6) is 0 Å². The standard InChI is InChI=1S/C8H5ClN2O4S.ClH/c9-16(14,15)8-10-5-2-1-4(7(12)13)3-6(5)11-8;/h1-3H,(H,10,11)(H,12,13);1H. The third-order valence-corrected chi connectivity index (χ3v) is 3.03. The summed E-state index contributed by atoms with van der Waals surface area (Å²) in [6.07, 6.45) is 0. The van der Waals surface area contributed by atoms with E-state index in [9.17, 15) is 13.2 Å². The molecule has 0 bridgehead atoms. The number of hydrogen-bond acceptors (Lipinski definition) is 4. The Morgan fingerprint density at radius 1 is 1.41 bits per heavy atom. The lowest BCUT2D eigenvalue weighted by atomic mass is 10.2. The van der Waals surface area contributed by atoms with Gasteiger partial charge < -0.3 is 10.1 Å². The number of rotatable bonds is 2. The van der Waals surface area contributed by atoms with Gasteiger partial charge in [-0.1, -0.05) is 0 Å². The number of aromatic nitrogens is 2. The van der Waals surface area contributed by atoms with E-state index in [-0.39, 0.29) is 23.5 Å². The Hall–Kier alpha value is -1.31. The predicted molar refractivity (Wildman–Crippen MR) is 63.3 cm³/mol. The van der Waals surface area contributed by atoms with Crippen LogP contribution < -0.4 is 0 Å². The molecule has 2 rings (SSSR count). The van der Waals surface area contributed by atoms with Crippen molar-refractivity contribution in [2.45, 2.75) is 5.16 Å². The predicted octanol–water partition coefficient (Wildman–Crippen LogP) is 1.61. The Morgan fingerprint density at radius 2 is 2.06 bits per heavy atom. The molecule has 0 aliphatic carbocycles. The Labute approximate surface area is 106 Å². The molecule has 6 nitrogen and oxygen atoms in total. The van der Waals surface area contributed by atoms with Crippen molar-refractivity contribution in [1.82, 2.24) is 9.97 Å². The van der Waals surface area contributed by atoms with E-state index < -0.39 is 20.2 Å². The molecule has 2 aromatic rings. The molecule has 0 unspecified atom stereocenters. The summed E-state index contributed by atoms with van der Waals surface area (Å²) in [5.74, 6) is -1.11. The van der Waals surface area contributed by atoms with Crippen LogP contribution in [-0.2, 0) is 9.05 Å². The second kappa shape index (κ2) is 4.52. The SMILES string of the molecule is Cl.O=C(O)c1ccc2[nH]c(S(=O)(=O)Cl)nc2c1. The lowest BCUT2D eigenvalue weighted by Crippen LogP contribution is -1.94. The van der Waals surface area contributed by atoms with E-state index in [0.29, 0.717) is 5.52 Å². The van der Waals surface area contributed by atoms with Crippen LogP contribution >= 0.6 is 23.1 Å². The highest BCUT2D eigenvalue weighted by Crippen LogP contribution is 2.18. The minimum atomic E-state index is -3.94. The summed E-state index contributed by atoms with van der Waals surface area (Å²) in [6, 6.07) is 4.03. The first-order chi connectivity index (χ1) is 7.38. The second-order valence-electron chi connectivity index (χ2n) is 3.02. The number of imidazole rings is 1.